The number of rotatable bonds is 4. The molecular formula is C9H13NO4. The molecule has 0 bridgehead atoms. The normalized spacial score (nSPS) is 27.3. The van der Waals surface area contributed by atoms with Crippen molar-refractivity contribution in [3.05, 3.63) is 10.1 Å². The minimum atomic E-state index is -1.46. The number of nitrogens with zero attached hydrogens (tertiary/aromatic N) is 1. The molecule has 5 heteroatoms. The maximum atomic E-state index is 11.5. The van der Waals surface area contributed by atoms with Gasteiger partial charge in [0, 0.05) is 30.6 Å². The minimum Gasteiger partial charge on any atom is -0.303 e. The second-order valence-electron chi connectivity index (χ2n) is 3.62. The Balaban J connectivity index is 2.83. The molecule has 0 N–H and O–H groups in total. The summed E-state index contributed by atoms with van der Waals surface area (Å²) in [5, 5.41) is 10.9. The molecule has 0 aromatic heterocycles. The molecule has 1 atom stereocenters. The summed E-state index contributed by atoms with van der Waals surface area (Å²) in [6, 6.07) is 0. The highest BCUT2D eigenvalue weighted by Crippen LogP contribution is 2.31. The standard InChI is InChI=1S/C9H13NO4/c11-7-3-6-9(10(13)14)5-2-1-4-8(9)12/h7H,1-6H2/t9-/m0/s1. The Morgan fingerprint density at radius 3 is 2.71 bits per heavy atom. The van der Waals surface area contributed by atoms with Crippen molar-refractivity contribution in [3.8, 4) is 0 Å². The second-order valence-corrected chi connectivity index (χ2v) is 3.62. The Morgan fingerprint density at radius 1 is 1.50 bits per heavy atom. The quantitative estimate of drug-likeness (QED) is 0.386. The molecule has 78 valence electrons. The van der Waals surface area contributed by atoms with E-state index in [1.165, 1.54) is 0 Å². The molecule has 1 fully saturated rings. The van der Waals surface area contributed by atoms with E-state index in [0.717, 1.165) is 6.42 Å². The van der Waals surface area contributed by atoms with Gasteiger partial charge in [0.1, 0.15) is 6.29 Å². The summed E-state index contributed by atoms with van der Waals surface area (Å²) in [4.78, 5) is 32.1. The summed E-state index contributed by atoms with van der Waals surface area (Å²) in [5.74, 6) is -0.310. The second kappa shape index (κ2) is 4.30. The maximum Gasteiger partial charge on any atom is 0.279 e. The number of aldehydes is 1. The predicted octanol–water partition coefficient (Wildman–Crippen LogP) is 1.12. The maximum absolute atomic E-state index is 11.5. The lowest BCUT2D eigenvalue weighted by Gasteiger charge is -2.26. The van der Waals surface area contributed by atoms with Gasteiger partial charge < -0.3 is 4.79 Å². The van der Waals surface area contributed by atoms with Gasteiger partial charge >= 0.3 is 0 Å². The number of carbonyl (C=O) groups excluding carboxylic acids is 2. The lowest BCUT2D eigenvalue weighted by molar-refractivity contribution is -0.555. The number of hydrogen-bond donors (Lipinski definition) is 0. The van der Waals surface area contributed by atoms with E-state index in [1.807, 2.05) is 0 Å². The zero-order valence-electron chi connectivity index (χ0n) is 7.90. The number of carbonyl (C=O) groups is 2. The van der Waals surface area contributed by atoms with Crippen LogP contribution in [0.3, 0.4) is 0 Å². The average molecular weight is 199 g/mol. The molecule has 0 heterocycles. The van der Waals surface area contributed by atoms with Gasteiger partial charge in [0.25, 0.3) is 5.54 Å². The topological polar surface area (TPSA) is 77.3 Å². The number of nitro groups is 1. The Kier molecular flexibility index (Phi) is 3.33. The van der Waals surface area contributed by atoms with Gasteiger partial charge in [-0.3, -0.25) is 14.9 Å². The smallest absolute Gasteiger partial charge is 0.279 e. The van der Waals surface area contributed by atoms with Crippen LogP contribution >= 0.6 is 0 Å². The first-order valence-electron chi connectivity index (χ1n) is 4.75. The third kappa shape index (κ3) is 1.81. The van der Waals surface area contributed by atoms with Crippen LogP contribution in [0.2, 0.25) is 0 Å². The number of Topliss-reactive ketones (excluding diaryl/α,β-unsaturated/α-hetero) is 1. The summed E-state index contributed by atoms with van der Waals surface area (Å²) < 4.78 is 0. The third-order valence-corrected chi connectivity index (χ3v) is 2.79. The molecule has 1 aliphatic carbocycles. The van der Waals surface area contributed by atoms with Crippen LogP contribution in [-0.2, 0) is 9.59 Å². The van der Waals surface area contributed by atoms with E-state index in [1.54, 1.807) is 0 Å². The molecule has 0 aromatic carbocycles. The van der Waals surface area contributed by atoms with Crippen LogP contribution in [0.25, 0.3) is 0 Å². The molecule has 0 aliphatic heterocycles. The molecule has 0 spiro atoms. The van der Waals surface area contributed by atoms with Gasteiger partial charge in [-0.15, -0.1) is 0 Å². The largest absolute Gasteiger partial charge is 0.303 e. The minimum absolute atomic E-state index is 0.0579. The van der Waals surface area contributed by atoms with E-state index in [2.05, 4.69) is 0 Å². The zero-order chi connectivity index (χ0) is 10.6. The van der Waals surface area contributed by atoms with Crippen molar-refractivity contribution >= 4 is 12.1 Å². The average Bonchev–Trinajstić information content (AvgIpc) is 2.16. The lowest BCUT2D eigenvalue weighted by Crippen LogP contribution is -2.48. The molecule has 0 aromatic rings. The first-order chi connectivity index (χ1) is 6.63. The van der Waals surface area contributed by atoms with Crippen molar-refractivity contribution < 1.29 is 14.5 Å². The fourth-order valence-corrected chi connectivity index (χ4v) is 1.92. The fraction of sp³-hybridized carbons (Fsp3) is 0.778. The zero-order valence-corrected chi connectivity index (χ0v) is 7.90. The van der Waals surface area contributed by atoms with E-state index in [0.29, 0.717) is 12.7 Å². The summed E-state index contributed by atoms with van der Waals surface area (Å²) in [6.07, 6.45) is 2.77. The van der Waals surface area contributed by atoms with Crippen molar-refractivity contribution in [1.29, 1.82) is 0 Å². The van der Waals surface area contributed by atoms with Gasteiger partial charge in [-0.2, -0.15) is 0 Å². The molecule has 0 radical (unpaired) electrons. The van der Waals surface area contributed by atoms with Crippen LogP contribution in [-0.4, -0.2) is 22.5 Å². The van der Waals surface area contributed by atoms with E-state index in [-0.39, 0.29) is 31.5 Å². The Morgan fingerprint density at radius 2 is 2.21 bits per heavy atom. The first kappa shape index (κ1) is 10.8. The molecule has 1 aliphatic rings. The van der Waals surface area contributed by atoms with E-state index in [9.17, 15) is 19.7 Å². The molecule has 0 amide bonds. The van der Waals surface area contributed by atoms with E-state index >= 15 is 0 Å². The summed E-state index contributed by atoms with van der Waals surface area (Å²) in [5.41, 5.74) is -1.46. The highest BCUT2D eigenvalue weighted by molar-refractivity contribution is 5.87. The van der Waals surface area contributed by atoms with Crippen LogP contribution in [0.15, 0.2) is 0 Å². The summed E-state index contributed by atoms with van der Waals surface area (Å²) in [6.45, 7) is 0. The highest BCUT2D eigenvalue weighted by Gasteiger charge is 2.50. The van der Waals surface area contributed by atoms with Crippen molar-refractivity contribution in [2.24, 2.45) is 0 Å². The molecule has 14 heavy (non-hydrogen) atoms. The van der Waals surface area contributed by atoms with Gasteiger partial charge in [-0.25, -0.2) is 0 Å². The summed E-state index contributed by atoms with van der Waals surface area (Å²) in [7, 11) is 0. The van der Waals surface area contributed by atoms with E-state index < -0.39 is 10.5 Å². The number of ketones is 1. The number of hydrogen-bond acceptors (Lipinski definition) is 4. The van der Waals surface area contributed by atoms with Gasteiger partial charge in [-0.05, 0) is 12.8 Å². The fourth-order valence-electron chi connectivity index (χ4n) is 1.92. The van der Waals surface area contributed by atoms with Crippen LogP contribution in [0.5, 0.6) is 0 Å². The van der Waals surface area contributed by atoms with Gasteiger partial charge in [0.15, 0.2) is 0 Å². The van der Waals surface area contributed by atoms with Crippen LogP contribution < -0.4 is 0 Å². The predicted molar refractivity (Wildman–Crippen MR) is 48.5 cm³/mol. The Hall–Kier alpha value is -1.26. The SMILES string of the molecule is O=CCC[C@@]1([N+](=O)[O-])CCCCC1=O. The first-order valence-corrected chi connectivity index (χ1v) is 4.75. The van der Waals surface area contributed by atoms with Crippen LogP contribution in [0.4, 0.5) is 0 Å². The molecule has 0 unspecified atom stereocenters. The summed E-state index contributed by atoms with van der Waals surface area (Å²) >= 11 is 0. The van der Waals surface area contributed by atoms with Crippen molar-refractivity contribution in [1.82, 2.24) is 0 Å². The molecule has 1 rings (SSSR count). The third-order valence-electron chi connectivity index (χ3n) is 2.79. The lowest BCUT2D eigenvalue weighted by atomic mass is 9.78. The van der Waals surface area contributed by atoms with Crippen LogP contribution in [0, 0.1) is 10.1 Å². The van der Waals surface area contributed by atoms with Crippen molar-refractivity contribution in [3.63, 3.8) is 0 Å². The van der Waals surface area contributed by atoms with Gasteiger partial charge in [-0.1, -0.05) is 0 Å². The van der Waals surface area contributed by atoms with Crippen molar-refractivity contribution in [2.75, 3.05) is 0 Å². The van der Waals surface area contributed by atoms with E-state index in [4.69, 9.17) is 0 Å². The Bertz CT molecular complexity index is 264. The van der Waals surface area contributed by atoms with Gasteiger partial charge in [0.05, 0.1) is 0 Å². The van der Waals surface area contributed by atoms with Crippen molar-refractivity contribution in [2.45, 2.75) is 44.1 Å². The molecule has 1 saturated carbocycles. The Labute approximate surface area is 81.6 Å². The van der Waals surface area contributed by atoms with Crippen LogP contribution in [0.1, 0.15) is 38.5 Å². The molecular weight excluding hydrogens is 186 g/mol. The molecule has 0 saturated heterocycles. The molecule has 5 nitrogen and oxygen atoms in total. The van der Waals surface area contributed by atoms with Gasteiger partial charge in [0.2, 0.25) is 5.78 Å². The monoisotopic (exact) mass is 199 g/mol. The highest BCUT2D eigenvalue weighted by atomic mass is 16.6.